The molecule has 1 fully saturated rings. The van der Waals surface area contributed by atoms with E-state index in [4.69, 9.17) is 11.1 Å². The van der Waals surface area contributed by atoms with E-state index in [1.54, 1.807) is 24.3 Å². The van der Waals surface area contributed by atoms with Gasteiger partial charge in [-0.25, -0.2) is 0 Å². The SMILES string of the molecule is N=C(N)C(NS(=O)(=O)N1CCCC1)c1ccccc1. The van der Waals surface area contributed by atoms with E-state index in [1.807, 2.05) is 6.07 Å². The third-order valence-corrected chi connectivity index (χ3v) is 4.69. The van der Waals surface area contributed by atoms with Gasteiger partial charge in [0.1, 0.15) is 11.9 Å². The number of benzene rings is 1. The summed E-state index contributed by atoms with van der Waals surface area (Å²) in [5, 5.41) is 7.57. The molecule has 19 heavy (non-hydrogen) atoms. The van der Waals surface area contributed by atoms with Gasteiger partial charge in [0.15, 0.2) is 0 Å². The molecule has 104 valence electrons. The van der Waals surface area contributed by atoms with Gasteiger partial charge < -0.3 is 5.73 Å². The normalized spacial score (nSPS) is 18.3. The lowest BCUT2D eigenvalue weighted by Gasteiger charge is -2.22. The summed E-state index contributed by atoms with van der Waals surface area (Å²) in [5.74, 6) is -0.214. The van der Waals surface area contributed by atoms with E-state index >= 15 is 0 Å². The molecule has 1 aromatic carbocycles. The molecular weight excluding hydrogens is 264 g/mol. The molecule has 0 saturated carbocycles. The van der Waals surface area contributed by atoms with Crippen LogP contribution < -0.4 is 10.5 Å². The molecule has 0 radical (unpaired) electrons. The van der Waals surface area contributed by atoms with Crippen molar-refractivity contribution in [1.82, 2.24) is 9.03 Å². The summed E-state index contributed by atoms with van der Waals surface area (Å²) >= 11 is 0. The van der Waals surface area contributed by atoms with Crippen molar-refractivity contribution in [2.75, 3.05) is 13.1 Å². The minimum Gasteiger partial charge on any atom is -0.386 e. The highest BCUT2D eigenvalue weighted by atomic mass is 32.2. The maximum absolute atomic E-state index is 12.2. The summed E-state index contributed by atoms with van der Waals surface area (Å²) in [4.78, 5) is 0. The van der Waals surface area contributed by atoms with Gasteiger partial charge in [-0.05, 0) is 18.4 Å². The Morgan fingerprint density at radius 3 is 2.37 bits per heavy atom. The summed E-state index contributed by atoms with van der Waals surface area (Å²) in [6.07, 6.45) is 1.74. The van der Waals surface area contributed by atoms with Crippen molar-refractivity contribution >= 4 is 16.0 Å². The van der Waals surface area contributed by atoms with Gasteiger partial charge in [0.25, 0.3) is 10.2 Å². The maximum Gasteiger partial charge on any atom is 0.280 e. The number of nitrogens with two attached hydrogens (primary N) is 1. The number of amidine groups is 1. The van der Waals surface area contributed by atoms with Crippen molar-refractivity contribution in [2.45, 2.75) is 18.9 Å². The molecule has 0 aliphatic carbocycles. The lowest BCUT2D eigenvalue weighted by Crippen LogP contribution is -2.44. The molecular formula is C12H18N4O2S. The molecule has 1 heterocycles. The Kier molecular flexibility index (Phi) is 4.18. The zero-order chi connectivity index (χ0) is 13.9. The molecule has 4 N–H and O–H groups in total. The molecule has 0 aromatic heterocycles. The molecule has 1 saturated heterocycles. The first kappa shape index (κ1) is 14.0. The average molecular weight is 282 g/mol. The van der Waals surface area contributed by atoms with Crippen LogP contribution in [0, 0.1) is 5.41 Å². The Balaban J connectivity index is 2.20. The van der Waals surface area contributed by atoms with Crippen molar-refractivity contribution in [1.29, 1.82) is 5.41 Å². The van der Waals surface area contributed by atoms with E-state index < -0.39 is 16.3 Å². The van der Waals surface area contributed by atoms with Crippen molar-refractivity contribution < 1.29 is 8.42 Å². The van der Waals surface area contributed by atoms with Gasteiger partial charge in [-0.3, -0.25) is 5.41 Å². The van der Waals surface area contributed by atoms with Crippen LogP contribution in [0.2, 0.25) is 0 Å². The summed E-state index contributed by atoms with van der Waals surface area (Å²) in [5.41, 5.74) is 6.18. The molecule has 2 rings (SSSR count). The minimum absolute atomic E-state index is 0.214. The van der Waals surface area contributed by atoms with Crippen molar-refractivity contribution in [3.63, 3.8) is 0 Å². The van der Waals surface area contributed by atoms with E-state index in [0.717, 1.165) is 12.8 Å². The smallest absolute Gasteiger partial charge is 0.280 e. The first-order valence-electron chi connectivity index (χ1n) is 6.17. The van der Waals surface area contributed by atoms with Crippen LogP contribution in [0.15, 0.2) is 30.3 Å². The second-order valence-electron chi connectivity index (χ2n) is 4.53. The molecule has 0 spiro atoms. The number of rotatable bonds is 5. The highest BCUT2D eigenvalue weighted by Crippen LogP contribution is 2.17. The van der Waals surface area contributed by atoms with Crippen LogP contribution in [0.4, 0.5) is 0 Å². The molecule has 6 nitrogen and oxygen atoms in total. The quantitative estimate of drug-likeness (QED) is 0.544. The predicted octanol–water partition coefficient (Wildman–Crippen LogP) is 0.594. The minimum atomic E-state index is -3.59. The van der Waals surface area contributed by atoms with Gasteiger partial charge in [-0.2, -0.15) is 17.4 Å². The summed E-state index contributed by atoms with van der Waals surface area (Å²) in [7, 11) is -3.59. The molecule has 1 aliphatic heterocycles. The van der Waals surface area contributed by atoms with Crippen LogP contribution in [-0.2, 0) is 10.2 Å². The van der Waals surface area contributed by atoms with Gasteiger partial charge in [-0.1, -0.05) is 30.3 Å². The van der Waals surface area contributed by atoms with E-state index in [9.17, 15) is 8.42 Å². The lowest BCUT2D eigenvalue weighted by atomic mass is 10.1. The number of nitrogens with one attached hydrogen (secondary N) is 2. The van der Waals surface area contributed by atoms with Crippen LogP contribution in [0.5, 0.6) is 0 Å². The fraction of sp³-hybridized carbons (Fsp3) is 0.417. The fourth-order valence-electron chi connectivity index (χ4n) is 2.11. The molecule has 0 bridgehead atoms. The standard InChI is InChI=1S/C12H18N4O2S/c13-12(14)11(10-6-2-1-3-7-10)15-19(17,18)16-8-4-5-9-16/h1-3,6-7,11,15H,4-5,8-9H2,(H3,13,14). The van der Waals surface area contributed by atoms with Crippen LogP contribution in [0.25, 0.3) is 0 Å². The molecule has 1 unspecified atom stereocenters. The second-order valence-corrected chi connectivity index (χ2v) is 6.23. The molecule has 1 atom stereocenters. The topological polar surface area (TPSA) is 99.3 Å². The number of nitrogens with zero attached hydrogens (tertiary/aromatic N) is 1. The third kappa shape index (κ3) is 3.31. The van der Waals surface area contributed by atoms with Gasteiger partial charge >= 0.3 is 0 Å². The number of hydrogen-bond acceptors (Lipinski definition) is 3. The van der Waals surface area contributed by atoms with Crippen LogP contribution >= 0.6 is 0 Å². The van der Waals surface area contributed by atoms with E-state index in [0.29, 0.717) is 18.7 Å². The van der Waals surface area contributed by atoms with Gasteiger partial charge in [0.05, 0.1) is 0 Å². The van der Waals surface area contributed by atoms with Gasteiger partial charge in [0, 0.05) is 13.1 Å². The Morgan fingerprint density at radius 2 is 1.84 bits per heavy atom. The van der Waals surface area contributed by atoms with Gasteiger partial charge in [0.2, 0.25) is 0 Å². The highest BCUT2D eigenvalue weighted by Gasteiger charge is 2.29. The Hall–Kier alpha value is -1.44. The fourth-order valence-corrected chi connectivity index (χ4v) is 3.56. The Morgan fingerprint density at radius 1 is 1.26 bits per heavy atom. The number of hydrogen-bond donors (Lipinski definition) is 3. The summed E-state index contributed by atoms with van der Waals surface area (Å²) in [6.45, 7) is 1.05. The van der Waals surface area contributed by atoms with Crippen molar-refractivity contribution in [3.8, 4) is 0 Å². The zero-order valence-electron chi connectivity index (χ0n) is 10.5. The molecule has 7 heteroatoms. The van der Waals surface area contributed by atoms with Gasteiger partial charge in [-0.15, -0.1) is 0 Å². The van der Waals surface area contributed by atoms with E-state index in [1.165, 1.54) is 4.31 Å². The largest absolute Gasteiger partial charge is 0.386 e. The average Bonchev–Trinajstić information content (AvgIpc) is 2.91. The predicted molar refractivity (Wildman–Crippen MR) is 74.0 cm³/mol. The Labute approximate surface area is 113 Å². The zero-order valence-corrected chi connectivity index (χ0v) is 11.4. The lowest BCUT2D eigenvalue weighted by molar-refractivity contribution is 0.462. The van der Waals surface area contributed by atoms with E-state index in [2.05, 4.69) is 4.72 Å². The Bertz CT molecular complexity index is 538. The summed E-state index contributed by atoms with van der Waals surface area (Å²) in [6, 6.07) is 8.09. The van der Waals surface area contributed by atoms with Crippen LogP contribution in [0.3, 0.4) is 0 Å². The molecule has 0 amide bonds. The van der Waals surface area contributed by atoms with Crippen LogP contribution in [-0.4, -0.2) is 31.6 Å². The van der Waals surface area contributed by atoms with Crippen molar-refractivity contribution in [3.05, 3.63) is 35.9 Å². The second kappa shape index (κ2) is 5.68. The molecule has 1 aliphatic rings. The summed E-state index contributed by atoms with van der Waals surface area (Å²) < 4.78 is 28.3. The first-order valence-corrected chi connectivity index (χ1v) is 7.61. The van der Waals surface area contributed by atoms with E-state index in [-0.39, 0.29) is 5.84 Å². The monoisotopic (exact) mass is 282 g/mol. The highest BCUT2D eigenvalue weighted by molar-refractivity contribution is 7.87. The third-order valence-electron chi connectivity index (χ3n) is 3.12. The maximum atomic E-state index is 12.2. The van der Waals surface area contributed by atoms with Crippen molar-refractivity contribution in [2.24, 2.45) is 5.73 Å². The first-order chi connectivity index (χ1) is 9.00. The molecule has 1 aromatic rings. The van der Waals surface area contributed by atoms with Crippen LogP contribution in [0.1, 0.15) is 24.4 Å².